The van der Waals surface area contributed by atoms with E-state index >= 15 is 0 Å². The molecule has 1 rings (SSSR count). The third kappa shape index (κ3) is 1.34. The highest BCUT2D eigenvalue weighted by molar-refractivity contribution is 4.94. The molecule has 1 nitrogen and oxygen atoms in total. The molecule has 10 heavy (non-hydrogen) atoms. The Morgan fingerprint density at radius 3 is 1.90 bits per heavy atom. The van der Waals surface area contributed by atoms with Crippen LogP contribution in [-0.4, -0.2) is 5.54 Å². The highest BCUT2D eigenvalue weighted by Gasteiger charge is 2.36. The lowest BCUT2D eigenvalue weighted by atomic mass is 9.94. The van der Waals surface area contributed by atoms with Gasteiger partial charge >= 0.3 is 0 Å². The van der Waals surface area contributed by atoms with Crippen LogP contribution in [0.5, 0.6) is 0 Å². The fraction of sp³-hybridized carbons (Fsp3) is 1.00. The standard InChI is InChI=1S/C9H19N/c1-4-9(10)5-7(2)8(3)6-9/h7-8H,4-6,10H2,1-3H3. The second-order valence-electron chi connectivity index (χ2n) is 4.08. The van der Waals surface area contributed by atoms with Crippen molar-refractivity contribution in [3.8, 4) is 0 Å². The third-order valence-corrected chi connectivity index (χ3v) is 3.13. The van der Waals surface area contributed by atoms with Gasteiger partial charge in [0.15, 0.2) is 0 Å². The van der Waals surface area contributed by atoms with Gasteiger partial charge in [-0.3, -0.25) is 0 Å². The van der Waals surface area contributed by atoms with Gasteiger partial charge < -0.3 is 5.73 Å². The average molecular weight is 141 g/mol. The second-order valence-corrected chi connectivity index (χ2v) is 4.08. The normalized spacial score (nSPS) is 48.0. The molecule has 0 saturated heterocycles. The van der Waals surface area contributed by atoms with Gasteiger partial charge in [-0.2, -0.15) is 0 Å². The van der Waals surface area contributed by atoms with Gasteiger partial charge in [-0.15, -0.1) is 0 Å². The molecule has 0 aromatic carbocycles. The fourth-order valence-corrected chi connectivity index (χ4v) is 2.06. The van der Waals surface area contributed by atoms with E-state index in [1.807, 2.05) is 0 Å². The Balaban J connectivity index is 2.55. The van der Waals surface area contributed by atoms with Crippen LogP contribution in [0.3, 0.4) is 0 Å². The molecule has 0 heterocycles. The molecule has 2 N–H and O–H groups in total. The Bertz CT molecular complexity index is 110. The van der Waals surface area contributed by atoms with Gasteiger partial charge in [0.1, 0.15) is 0 Å². The fourth-order valence-electron chi connectivity index (χ4n) is 2.06. The van der Waals surface area contributed by atoms with Crippen molar-refractivity contribution in [1.29, 1.82) is 0 Å². The molecule has 1 aliphatic carbocycles. The first-order chi connectivity index (χ1) is 4.57. The van der Waals surface area contributed by atoms with Crippen molar-refractivity contribution < 1.29 is 0 Å². The zero-order valence-corrected chi connectivity index (χ0v) is 7.35. The first kappa shape index (κ1) is 8.06. The lowest BCUT2D eigenvalue weighted by Gasteiger charge is -2.21. The molecule has 0 spiro atoms. The summed E-state index contributed by atoms with van der Waals surface area (Å²) < 4.78 is 0. The SMILES string of the molecule is CCC1(N)CC(C)C(C)C1. The first-order valence-corrected chi connectivity index (χ1v) is 4.36. The highest BCUT2D eigenvalue weighted by atomic mass is 14.8. The summed E-state index contributed by atoms with van der Waals surface area (Å²) in [5.74, 6) is 1.68. The molecule has 1 heteroatoms. The molecule has 2 unspecified atom stereocenters. The molecule has 0 aromatic heterocycles. The molecule has 0 bridgehead atoms. The van der Waals surface area contributed by atoms with Crippen LogP contribution in [0.2, 0.25) is 0 Å². The maximum Gasteiger partial charge on any atom is 0.0157 e. The van der Waals surface area contributed by atoms with Crippen LogP contribution in [0.4, 0.5) is 0 Å². The van der Waals surface area contributed by atoms with Crippen molar-refractivity contribution in [2.24, 2.45) is 17.6 Å². The Hall–Kier alpha value is -0.0400. The van der Waals surface area contributed by atoms with Gasteiger partial charge in [0.25, 0.3) is 0 Å². The third-order valence-electron chi connectivity index (χ3n) is 3.13. The summed E-state index contributed by atoms with van der Waals surface area (Å²) in [6.45, 7) is 6.83. The van der Waals surface area contributed by atoms with Crippen LogP contribution in [0.25, 0.3) is 0 Å². The van der Waals surface area contributed by atoms with Crippen molar-refractivity contribution in [3.63, 3.8) is 0 Å². The van der Waals surface area contributed by atoms with Crippen LogP contribution in [0, 0.1) is 11.8 Å². The van der Waals surface area contributed by atoms with Gasteiger partial charge in [-0.25, -0.2) is 0 Å². The molecule has 0 aliphatic heterocycles. The Labute approximate surface area is 64.0 Å². The van der Waals surface area contributed by atoms with E-state index in [0.717, 1.165) is 18.3 Å². The van der Waals surface area contributed by atoms with Crippen LogP contribution in [-0.2, 0) is 0 Å². The number of nitrogens with two attached hydrogens (primary N) is 1. The molecule has 1 saturated carbocycles. The Morgan fingerprint density at radius 1 is 1.30 bits per heavy atom. The van der Waals surface area contributed by atoms with Gasteiger partial charge in [-0.1, -0.05) is 20.8 Å². The van der Waals surface area contributed by atoms with E-state index in [9.17, 15) is 0 Å². The minimum absolute atomic E-state index is 0.179. The minimum atomic E-state index is 0.179. The summed E-state index contributed by atoms with van der Waals surface area (Å²) in [6, 6.07) is 0. The molecule has 2 atom stereocenters. The second kappa shape index (κ2) is 2.54. The lowest BCUT2D eigenvalue weighted by molar-refractivity contribution is 0.406. The molecule has 60 valence electrons. The summed E-state index contributed by atoms with van der Waals surface area (Å²) in [7, 11) is 0. The smallest absolute Gasteiger partial charge is 0.0157 e. The highest BCUT2D eigenvalue weighted by Crippen LogP contribution is 2.38. The van der Waals surface area contributed by atoms with E-state index in [1.165, 1.54) is 12.8 Å². The minimum Gasteiger partial charge on any atom is -0.325 e. The summed E-state index contributed by atoms with van der Waals surface area (Å²) in [5.41, 5.74) is 6.32. The molecular weight excluding hydrogens is 122 g/mol. The molecule has 1 fully saturated rings. The topological polar surface area (TPSA) is 26.0 Å². The summed E-state index contributed by atoms with van der Waals surface area (Å²) in [4.78, 5) is 0. The zero-order chi connectivity index (χ0) is 7.78. The van der Waals surface area contributed by atoms with Crippen molar-refractivity contribution in [1.82, 2.24) is 0 Å². The predicted molar refractivity (Wildman–Crippen MR) is 44.8 cm³/mol. The number of rotatable bonds is 1. The van der Waals surface area contributed by atoms with E-state index in [-0.39, 0.29) is 5.54 Å². The lowest BCUT2D eigenvalue weighted by Crippen LogP contribution is -2.35. The van der Waals surface area contributed by atoms with E-state index in [0.29, 0.717) is 0 Å². The van der Waals surface area contributed by atoms with Gasteiger partial charge in [0.05, 0.1) is 0 Å². The van der Waals surface area contributed by atoms with Gasteiger partial charge in [-0.05, 0) is 31.1 Å². The quantitative estimate of drug-likeness (QED) is 0.595. The Kier molecular flexibility index (Phi) is 2.04. The van der Waals surface area contributed by atoms with E-state index in [1.54, 1.807) is 0 Å². The summed E-state index contributed by atoms with van der Waals surface area (Å²) in [6.07, 6.45) is 3.59. The molecule has 1 aliphatic rings. The van der Waals surface area contributed by atoms with E-state index in [4.69, 9.17) is 5.73 Å². The van der Waals surface area contributed by atoms with Crippen LogP contribution in [0.1, 0.15) is 40.0 Å². The maximum atomic E-state index is 6.14. The van der Waals surface area contributed by atoms with Crippen LogP contribution < -0.4 is 5.73 Å². The Morgan fingerprint density at radius 2 is 1.70 bits per heavy atom. The molecule has 0 radical (unpaired) electrons. The molecule has 0 amide bonds. The van der Waals surface area contributed by atoms with E-state index < -0.39 is 0 Å². The average Bonchev–Trinajstić information content (AvgIpc) is 2.10. The summed E-state index contributed by atoms with van der Waals surface area (Å²) >= 11 is 0. The maximum absolute atomic E-state index is 6.14. The van der Waals surface area contributed by atoms with Gasteiger partial charge in [0.2, 0.25) is 0 Å². The van der Waals surface area contributed by atoms with Crippen molar-refractivity contribution in [2.45, 2.75) is 45.6 Å². The van der Waals surface area contributed by atoms with Crippen LogP contribution in [0.15, 0.2) is 0 Å². The van der Waals surface area contributed by atoms with Crippen molar-refractivity contribution >= 4 is 0 Å². The van der Waals surface area contributed by atoms with Crippen molar-refractivity contribution in [2.75, 3.05) is 0 Å². The largest absolute Gasteiger partial charge is 0.325 e. The van der Waals surface area contributed by atoms with Crippen molar-refractivity contribution in [3.05, 3.63) is 0 Å². The van der Waals surface area contributed by atoms with E-state index in [2.05, 4.69) is 20.8 Å². The number of hydrogen-bond donors (Lipinski definition) is 1. The van der Waals surface area contributed by atoms with Gasteiger partial charge in [0, 0.05) is 5.54 Å². The molecular formula is C9H19N. The monoisotopic (exact) mass is 141 g/mol. The predicted octanol–water partition coefficient (Wildman–Crippen LogP) is 2.16. The number of hydrogen-bond acceptors (Lipinski definition) is 1. The zero-order valence-electron chi connectivity index (χ0n) is 7.35. The molecule has 0 aromatic rings. The summed E-state index contributed by atoms with van der Waals surface area (Å²) in [5, 5.41) is 0. The van der Waals surface area contributed by atoms with Crippen LogP contribution >= 0.6 is 0 Å². The first-order valence-electron chi connectivity index (χ1n) is 4.36.